The van der Waals surface area contributed by atoms with E-state index in [9.17, 15) is 14.4 Å². The lowest BCUT2D eigenvalue weighted by molar-refractivity contribution is -0.141. The highest BCUT2D eigenvalue weighted by atomic mass is 35.5. The number of hydrogen-bond acceptors (Lipinski definition) is 3. The van der Waals surface area contributed by atoms with Gasteiger partial charge in [0, 0.05) is 47.9 Å². The molecule has 0 bridgehead atoms. The van der Waals surface area contributed by atoms with Crippen LogP contribution in [0.4, 0.5) is 5.69 Å². The van der Waals surface area contributed by atoms with Crippen molar-refractivity contribution in [3.8, 4) is 0 Å². The predicted molar refractivity (Wildman–Crippen MR) is 176 cm³/mol. The molecule has 2 aliphatic rings. The highest BCUT2D eigenvalue weighted by molar-refractivity contribution is 6.30. The Bertz CT molecular complexity index is 1650. The van der Waals surface area contributed by atoms with E-state index < -0.39 is 6.04 Å². The van der Waals surface area contributed by atoms with E-state index in [1.165, 1.54) is 6.42 Å². The van der Waals surface area contributed by atoms with Gasteiger partial charge in [-0.15, -0.1) is 0 Å². The summed E-state index contributed by atoms with van der Waals surface area (Å²) in [6, 6.07) is 28.5. The molecule has 0 saturated heterocycles. The van der Waals surface area contributed by atoms with Crippen molar-refractivity contribution in [2.45, 2.75) is 70.0 Å². The van der Waals surface area contributed by atoms with Crippen LogP contribution in [0, 0.1) is 0 Å². The van der Waals surface area contributed by atoms with Crippen LogP contribution in [-0.4, -0.2) is 41.2 Å². The highest BCUT2D eigenvalue weighted by Crippen LogP contribution is 2.37. The van der Waals surface area contributed by atoms with Gasteiger partial charge in [0.25, 0.3) is 5.91 Å². The molecular formula is C37H38ClN3O3. The van der Waals surface area contributed by atoms with E-state index in [0.717, 1.165) is 53.3 Å². The number of nitrogens with one attached hydrogen (secondary N) is 1. The van der Waals surface area contributed by atoms with Gasteiger partial charge in [-0.05, 0) is 60.0 Å². The van der Waals surface area contributed by atoms with E-state index in [1.807, 2.05) is 84.9 Å². The molecule has 0 spiro atoms. The van der Waals surface area contributed by atoms with Crippen LogP contribution in [-0.2, 0) is 22.6 Å². The largest absolute Gasteiger partial charge is 0.352 e. The number of hydrogen-bond donors (Lipinski definition) is 1. The van der Waals surface area contributed by atoms with Crippen molar-refractivity contribution in [3.63, 3.8) is 0 Å². The first-order chi connectivity index (χ1) is 21.5. The Hall–Kier alpha value is -4.16. The first-order valence-corrected chi connectivity index (χ1v) is 16.1. The number of carbonyl (C=O) groups is 3. The van der Waals surface area contributed by atoms with Crippen LogP contribution < -0.4 is 10.2 Å². The summed E-state index contributed by atoms with van der Waals surface area (Å²) in [5.74, 6) is -0.270. The average molecular weight is 608 g/mol. The van der Waals surface area contributed by atoms with Crippen LogP contribution >= 0.6 is 11.6 Å². The molecule has 1 saturated carbocycles. The zero-order valence-corrected chi connectivity index (χ0v) is 25.6. The minimum absolute atomic E-state index is 0.0335. The fourth-order valence-electron chi connectivity index (χ4n) is 6.66. The number of nitrogens with zero attached hydrogens (tertiary/aromatic N) is 2. The molecule has 0 unspecified atom stereocenters. The smallest absolute Gasteiger partial charge is 0.258 e. The van der Waals surface area contributed by atoms with Gasteiger partial charge in [0.1, 0.15) is 6.04 Å². The van der Waals surface area contributed by atoms with Crippen molar-refractivity contribution in [1.82, 2.24) is 10.2 Å². The molecule has 0 aromatic heterocycles. The van der Waals surface area contributed by atoms with Crippen molar-refractivity contribution in [1.29, 1.82) is 0 Å². The van der Waals surface area contributed by atoms with Crippen molar-refractivity contribution < 1.29 is 14.4 Å². The normalized spacial score (nSPS) is 15.4. The molecule has 1 N–H and O–H groups in total. The van der Waals surface area contributed by atoms with Gasteiger partial charge in [-0.3, -0.25) is 14.4 Å². The number of carbonyl (C=O) groups excluding carboxylic acids is 3. The standard InChI is InChI=1S/C37H38ClN3O3/c38-29-16-7-13-27(23-29)25-41(33(24-26-11-3-1-4-12-26)36(43)39-30-17-5-2-6-18-30)34(42)21-10-22-40-32-20-9-15-28-14-8-19-31(35(28)32)37(40)44/h1,3-4,7-9,11-16,19-20,23,30,33H,2,5-6,10,17-18,21-22,24-25H2,(H,39,43)/t33-/m0/s1. The van der Waals surface area contributed by atoms with E-state index in [0.29, 0.717) is 30.0 Å². The fourth-order valence-corrected chi connectivity index (χ4v) is 6.88. The third-order valence-corrected chi connectivity index (χ3v) is 9.12. The Kier molecular flexibility index (Phi) is 9.27. The molecule has 1 heterocycles. The zero-order chi connectivity index (χ0) is 30.5. The number of amides is 3. The molecule has 7 heteroatoms. The van der Waals surface area contributed by atoms with Gasteiger partial charge in [-0.2, -0.15) is 0 Å². The molecule has 1 fully saturated rings. The second kappa shape index (κ2) is 13.6. The summed E-state index contributed by atoms with van der Waals surface area (Å²) in [7, 11) is 0. The maximum absolute atomic E-state index is 14.1. The van der Waals surface area contributed by atoms with Gasteiger partial charge >= 0.3 is 0 Å². The Labute approximate surface area is 264 Å². The fraction of sp³-hybridized carbons (Fsp3) is 0.324. The molecule has 1 atom stereocenters. The van der Waals surface area contributed by atoms with Crippen LogP contribution in [0.1, 0.15) is 66.4 Å². The number of anilines is 1. The first-order valence-electron chi connectivity index (χ1n) is 15.7. The van der Waals surface area contributed by atoms with E-state index in [1.54, 1.807) is 15.9 Å². The summed E-state index contributed by atoms with van der Waals surface area (Å²) in [6.07, 6.45) is 6.42. The molecule has 6 nitrogen and oxygen atoms in total. The number of halogens is 1. The Morgan fingerprint density at radius 1 is 0.886 bits per heavy atom. The molecule has 4 aromatic rings. The van der Waals surface area contributed by atoms with Crippen LogP contribution in [0.25, 0.3) is 10.8 Å². The summed E-state index contributed by atoms with van der Waals surface area (Å²) in [4.78, 5) is 44.9. The maximum atomic E-state index is 14.1. The van der Waals surface area contributed by atoms with Gasteiger partial charge in [-0.1, -0.05) is 97.6 Å². The summed E-state index contributed by atoms with van der Waals surface area (Å²) in [6.45, 7) is 0.684. The molecular weight excluding hydrogens is 570 g/mol. The van der Waals surface area contributed by atoms with Gasteiger partial charge in [0.05, 0.1) is 5.69 Å². The zero-order valence-electron chi connectivity index (χ0n) is 24.9. The SMILES string of the molecule is O=C(NC1CCCCC1)[C@H](Cc1ccccc1)N(Cc1cccc(Cl)c1)C(=O)CCCN1C(=O)c2cccc3cccc1c23. The second-order valence-electron chi connectivity index (χ2n) is 11.9. The second-order valence-corrected chi connectivity index (χ2v) is 12.4. The van der Waals surface area contributed by atoms with E-state index in [4.69, 9.17) is 11.6 Å². The summed E-state index contributed by atoms with van der Waals surface area (Å²) >= 11 is 6.33. The van der Waals surface area contributed by atoms with Crippen molar-refractivity contribution in [3.05, 3.63) is 113 Å². The lowest BCUT2D eigenvalue weighted by Crippen LogP contribution is -2.52. The monoisotopic (exact) mass is 607 g/mol. The van der Waals surface area contributed by atoms with Gasteiger partial charge in [-0.25, -0.2) is 0 Å². The van der Waals surface area contributed by atoms with Crippen LogP contribution in [0.2, 0.25) is 5.02 Å². The van der Waals surface area contributed by atoms with E-state index >= 15 is 0 Å². The molecule has 0 radical (unpaired) electrons. The van der Waals surface area contributed by atoms with Gasteiger partial charge < -0.3 is 15.1 Å². The quantitative estimate of drug-likeness (QED) is 0.194. The Morgan fingerprint density at radius 3 is 2.39 bits per heavy atom. The lowest BCUT2D eigenvalue weighted by atomic mass is 9.94. The molecule has 44 heavy (non-hydrogen) atoms. The Balaban J connectivity index is 1.23. The molecule has 226 valence electrons. The summed E-state index contributed by atoms with van der Waals surface area (Å²) < 4.78 is 0. The Morgan fingerprint density at radius 2 is 1.61 bits per heavy atom. The number of benzene rings is 4. The van der Waals surface area contributed by atoms with Gasteiger partial charge in [0.2, 0.25) is 11.8 Å². The minimum atomic E-state index is -0.683. The van der Waals surface area contributed by atoms with E-state index in [2.05, 4.69) is 5.32 Å². The maximum Gasteiger partial charge on any atom is 0.258 e. The summed E-state index contributed by atoms with van der Waals surface area (Å²) in [5, 5.41) is 5.88. The van der Waals surface area contributed by atoms with Crippen LogP contribution in [0.5, 0.6) is 0 Å². The molecule has 4 aromatic carbocycles. The lowest BCUT2D eigenvalue weighted by Gasteiger charge is -2.33. The van der Waals surface area contributed by atoms with Crippen LogP contribution in [0.15, 0.2) is 91.0 Å². The third kappa shape index (κ3) is 6.66. The highest BCUT2D eigenvalue weighted by Gasteiger charge is 2.33. The summed E-state index contributed by atoms with van der Waals surface area (Å²) in [5.41, 5.74) is 3.45. The van der Waals surface area contributed by atoms with Crippen molar-refractivity contribution >= 4 is 45.8 Å². The predicted octanol–water partition coefficient (Wildman–Crippen LogP) is 7.32. The third-order valence-electron chi connectivity index (χ3n) is 8.89. The molecule has 3 amide bonds. The van der Waals surface area contributed by atoms with Gasteiger partial charge in [0.15, 0.2) is 0 Å². The first kappa shape index (κ1) is 29.9. The molecule has 6 rings (SSSR count). The van der Waals surface area contributed by atoms with E-state index in [-0.39, 0.29) is 36.7 Å². The van der Waals surface area contributed by atoms with Crippen molar-refractivity contribution in [2.24, 2.45) is 0 Å². The minimum Gasteiger partial charge on any atom is -0.352 e. The van der Waals surface area contributed by atoms with Crippen LogP contribution in [0.3, 0.4) is 0 Å². The number of rotatable bonds is 11. The van der Waals surface area contributed by atoms with Crippen molar-refractivity contribution in [2.75, 3.05) is 11.4 Å². The molecule has 1 aliphatic carbocycles. The molecule has 1 aliphatic heterocycles. The average Bonchev–Trinajstić information content (AvgIpc) is 3.31. The topological polar surface area (TPSA) is 69.7 Å².